The summed E-state index contributed by atoms with van der Waals surface area (Å²) in [6, 6.07) is 0. The van der Waals surface area contributed by atoms with Gasteiger partial charge in [-0.15, -0.1) is 0 Å². The Morgan fingerprint density at radius 2 is 1.00 bits per heavy atom. The van der Waals surface area contributed by atoms with Crippen LogP contribution in [0.4, 0.5) is 0 Å². The van der Waals surface area contributed by atoms with Crippen LogP contribution in [0.3, 0.4) is 0 Å². The molecule has 0 aliphatic carbocycles. The Bertz CT molecular complexity index is 84.4. The maximum atomic E-state index is 8.53. The Morgan fingerprint density at radius 1 is 0.800 bits per heavy atom. The summed E-state index contributed by atoms with van der Waals surface area (Å²) in [5.41, 5.74) is 0. The van der Waals surface area contributed by atoms with Crippen molar-refractivity contribution in [2.75, 3.05) is 19.8 Å². The van der Waals surface area contributed by atoms with Gasteiger partial charge in [0.15, 0.2) is 0 Å². The minimum Gasteiger partial charge on any atom is -0.396 e. The van der Waals surface area contributed by atoms with Gasteiger partial charge in [-0.05, 0) is 39.0 Å². The molecule has 0 aromatic heterocycles. The smallest absolute Gasteiger partial charge is 0.0483 e. The van der Waals surface area contributed by atoms with Crippen LogP contribution in [-0.4, -0.2) is 46.4 Å². The minimum atomic E-state index is -0.167. The third kappa shape index (κ3) is 25.2. The van der Waals surface area contributed by atoms with Crippen LogP contribution in [-0.2, 0) is 26.2 Å². The van der Waals surface area contributed by atoms with Crippen molar-refractivity contribution in [1.29, 1.82) is 0 Å². The molecule has 0 aliphatic heterocycles. The molecule has 0 aromatic rings. The summed E-state index contributed by atoms with van der Waals surface area (Å²) < 4.78 is 0. The molecule has 92 valence electrons. The van der Waals surface area contributed by atoms with E-state index in [-0.39, 0.29) is 58.0 Å². The first-order valence-electron chi connectivity index (χ1n) is 5.09. The quantitative estimate of drug-likeness (QED) is 0.562. The van der Waals surface area contributed by atoms with Gasteiger partial charge in [0.1, 0.15) is 0 Å². The average Bonchev–Trinajstić information content (AvgIpc) is 2.04. The second-order valence-electron chi connectivity index (χ2n) is 3.50. The maximum Gasteiger partial charge on any atom is 0.0483 e. The number of aliphatic hydroxyl groups is 4. The first kappa shape index (κ1) is 21.1. The number of hydrogen-bond donors (Lipinski definition) is 4. The molecule has 0 rings (SSSR count). The monoisotopic (exact) mass is 298 g/mol. The molecule has 0 amide bonds. The third-order valence-corrected chi connectivity index (χ3v) is 1.61. The maximum absolute atomic E-state index is 8.53. The van der Waals surface area contributed by atoms with Crippen molar-refractivity contribution >= 4 is 0 Å². The molecule has 4 N–H and O–H groups in total. The summed E-state index contributed by atoms with van der Waals surface area (Å²) >= 11 is 0. The number of hydrogen-bond acceptors (Lipinski definition) is 4. The Hall–Kier alpha value is 0.723. The van der Waals surface area contributed by atoms with Gasteiger partial charge in [-0.3, -0.25) is 0 Å². The largest absolute Gasteiger partial charge is 0.396 e. The van der Waals surface area contributed by atoms with E-state index in [9.17, 15) is 0 Å². The number of rotatable bonds is 6. The van der Waals surface area contributed by atoms with Gasteiger partial charge in [0.25, 0.3) is 0 Å². The SMILES string of the molecule is CC(C)O.OCCC(CCO)CCO.[Zr]. The molecule has 0 heterocycles. The molecule has 0 bridgehead atoms. The Balaban J connectivity index is -0.000000249. The van der Waals surface area contributed by atoms with Crippen molar-refractivity contribution < 1.29 is 46.6 Å². The van der Waals surface area contributed by atoms with E-state index < -0.39 is 0 Å². The van der Waals surface area contributed by atoms with Crippen LogP contribution in [0.25, 0.3) is 0 Å². The molecule has 0 fully saturated rings. The van der Waals surface area contributed by atoms with E-state index in [4.69, 9.17) is 20.4 Å². The molecule has 0 spiro atoms. The van der Waals surface area contributed by atoms with E-state index in [2.05, 4.69) is 0 Å². The molecule has 5 heteroatoms. The predicted octanol–water partition coefficient (Wildman–Crippen LogP) is 0.134. The van der Waals surface area contributed by atoms with Gasteiger partial charge in [-0.1, -0.05) is 0 Å². The molecular formula is C10H24O4Zr. The van der Waals surface area contributed by atoms with Gasteiger partial charge in [-0.25, -0.2) is 0 Å². The van der Waals surface area contributed by atoms with E-state index in [1.807, 2.05) is 0 Å². The molecule has 0 aliphatic rings. The fraction of sp³-hybridized carbons (Fsp3) is 1.00. The second-order valence-corrected chi connectivity index (χ2v) is 3.50. The van der Waals surface area contributed by atoms with Gasteiger partial charge in [0.05, 0.1) is 0 Å². The molecule has 0 aromatic carbocycles. The van der Waals surface area contributed by atoms with Crippen LogP contribution in [0.1, 0.15) is 33.1 Å². The Labute approximate surface area is 111 Å². The summed E-state index contributed by atoms with van der Waals surface area (Å²) in [5.74, 6) is 0.278. The van der Waals surface area contributed by atoms with Crippen LogP contribution in [0, 0.1) is 5.92 Å². The summed E-state index contributed by atoms with van der Waals surface area (Å²) in [4.78, 5) is 0. The zero-order chi connectivity index (χ0) is 11.4. The van der Waals surface area contributed by atoms with Crippen molar-refractivity contribution in [3.8, 4) is 0 Å². The van der Waals surface area contributed by atoms with Gasteiger partial charge >= 0.3 is 0 Å². The molecule has 0 radical (unpaired) electrons. The van der Waals surface area contributed by atoms with E-state index in [1.54, 1.807) is 13.8 Å². The number of aliphatic hydroxyl groups excluding tert-OH is 4. The topological polar surface area (TPSA) is 80.9 Å². The Kier molecular flexibility index (Phi) is 24.0. The molecule has 0 atom stereocenters. The van der Waals surface area contributed by atoms with Gasteiger partial charge < -0.3 is 20.4 Å². The molecular weight excluding hydrogens is 275 g/mol. The molecule has 0 saturated heterocycles. The van der Waals surface area contributed by atoms with Crippen molar-refractivity contribution in [1.82, 2.24) is 0 Å². The van der Waals surface area contributed by atoms with E-state index in [0.717, 1.165) is 0 Å². The third-order valence-electron chi connectivity index (χ3n) is 1.61. The molecule has 0 saturated carbocycles. The second kappa shape index (κ2) is 17.1. The first-order valence-corrected chi connectivity index (χ1v) is 5.09. The molecule has 15 heavy (non-hydrogen) atoms. The standard InChI is InChI=1S/C7H16O3.C3H8O.Zr/c8-4-1-7(2-5-9)3-6-10;1-3(2)4;/h7-10H,1-6H2;3-4H,1-2H3;. The van der Waals surface area contributed by atoms with Crippen LogP contribution >= 0.6 is 0 Å². The van der Waals surface area contributed by atoms with Crippen molar-refractivity contribution in [2.45, 2.75) is 39.2 Å². The summed E-state index contributed by atoms with van der Waals surface area (Å²) in [7, 11) is 0. The van der Waals surface area contributed by atoms with Crippen LogP contribution in [0.15, 0.2) is 0 Å². The van der Waals surface area contributed by atoms with Gasteiger partial charge in [0.2, 0.25) is 0 Å². The average molecular weight is 300 g/mol. The van der Waals surface area contributed by atoms with Gasteiger partial charge in [-0.2, -0.15) is 0 Å². The van der Waals surface area contributed by atoms with Crippen LogP contribution in [0.2, 0.25) is 0 Å². The molecule has 4 nitrogen and oxygen atoms in total. The van der Waals surface area contributed by atoms with Crippen LogP contribution < -0.4 is 0 Å². The van der Waals surface area contributed by atoms with Crippen molar-refractivity contribution in [3.05, 3.63) is 0 Å². The zero-order valence-corrected chi connectivity index (χ0v) is 12.1. The van der Waals surface area contributed by atoms with Gasteiger partial charge in [0, 0.05) is 52.1 Å². The fourth-order valence-electron chi connectivity index (χ4n) is 0.981. The van der Waals surface area contributed by atoms with E-state index in [0.29, 0.717) is 19.3 Å². The zero-order valence-electron chi connectivity index (χ0n) is 9.69. The Morgan fingerprint density at radius 3 is 1.13 bits per heavy atom. The normalized spacial score (nSPS) is 9.60. The van der Waals surface area contributed by atoms with Crippen LogP contribution in [0.5, 0.6) is 0 Å². The van der Waals surface area contributed by atoms with E-state index in [1.165, 1.54) is 0 Å². The van der Waals surface area contributed by atoms with Crippen molar-refractivity contribution in [3.63, 3.8) is 0 Å². The van der Waals surface area contributed by atoms with Crippen molar-refractivity contribution in [2.24, 2.45) is 5.92 Å². The summed E-state index contributed by atoms with van der Waals surface area (Å²) in [5, 5.41) is 33.6. The summed E-state index contributed by atoms with van der Waals surface area (Å²) in [6.07, 6.45) is 1.88. The molecule has 0 unspecified atom stereocenters. The van der Waals surface area contributed by atoms with E-state index >= 15 is 0 Å². The fourth-order valence-corrected chi connectivity index (χ4v) is 0.981. The summed E-state index contributed by atoms with van der Waals surface area (Å²) in [6.45, 7) is 3.88. The predicted molar refractivity (Wildman–Crippen MR) is 56.0 cm³/mol. The minimum absolute atomic E-state index is 0. The first-order chi connectivity index (χ1) is 6.58.